The Kier molecular flexibility index (Phi) is 3.87. The fourth-order valence-corrected chi connectivity index (χ4v) is 3.26. The number of nitrogens with zero attached hydrogens (tertiary/aromatic N) is 1. The van der Waals surface area contributed by atoms with Gasteiger partial charge in [0.05, 0.1) is 6.61 Å². The molecular formula is C18H24N2O. The summed E-state index contributed by atoms with van der Waals surface area (Å²) >= 11 is 0. The Morgan fingerprint density at radius 1 is 1.19 bits per heavy atom. The summed E-state index contributed by atoms with van der Waals surface area (Å²) in [6.07, 6.45) is 3.39. The van der Waals surface area contributed by atoms with E-state index in [1.54, 1.807) is 0 Å². The van der Waals surface area contributed by atoms with Gasteiger partial charge in [-0.05, 0) is 56.9 Å². The van der Waals surface area contributed by atoms with Crippen LogP contribution in [0.15, 0.2) is 36.4 Å². The van der Waals surface area contributed by atoms with Crippen LogP contribution in [0, 0.1) is 13.8 Å². The molecule has 0 spiro atoms. The van der Waals surface area contributed by atoms with Gasteiger partial charge in [0, 0.05) is 29.2 Å². The molecule has 0 radical (unpaired) electrons. The van der Waals surface area contributed by atoms with Gasteiger partial charge in [-0.15, -0.1) is 0 Å². The van der Waals surface area contributed by atoms with Crippen LogP contribution in [0.3, 0.4) is 0 Å². The van der Waals surface area contributed by atoms with Crippen molar-refractivity contribution >= 4 is 0 Å². The van der Waals surface area contributed by atoms with E-state index in [1.165, 1.54) is 29.1 Å². The molecule has 1 fully saturated rings. The van der Waals surface area contributed by atoms with E-state index in [1.807, 2.05) is 6.07 Å². The topological polar surface area (TPSA) is 37.2 Å². The molecule has 2 N–H and O–H groups in total. The molecule has 1 saturated carbocycles. The van der Waals surface area contributed by atoms with Gasteiger partial charge in [-0.25, -0.2) is 0 Å². The fourth-order valence-electron chi connectivity index (χ4n) is 3.26. The van der Waals surface area contributed by atoms with E-state index in [-0.39, 0.29) is 12.1 Å². The van der Waals surface area contributed by atoms with E-state index in [0.717, 1.165) is 19.4 Å². The molecule has 3 rings (SSSR count). The summed E-state index contributed by atoms with van der Waals surface area (Å²) < 4.78 is 2.30. The van der Waals surface area contributed by atoms with Crippen molar-refractivity contribution in [3.8, 4) is 5.69 Å². The summed E-state index contributed by atoms with van der Waals surface area (Å²) in [5.41, 5.74) is 5.02. The molecular weight excluding hydrogens is 260 g/mol. The van der Waals surface area contributed by atoms with Crippen molar-refractivity contribution in [3.05, 3.63) is 53.3 Å². The molecule has 2 aromatic rings. The minimum atomic E-state index is -0.0325. The first kappa shape index (κ1) is 14.4. The van der Waals surface area contributed by atoms with Gasteiger partial charge in [-0.2, -0.15) is 0 Å². The number of aromatic nitrogens is 1. The molecule has 1 aromatic carbocycles. The molecule has 0 bridgehead atoms. The standard InChI is InChI=1S/C18H24N2O/c1-14-11-16(12-19-18(13-21)9-6-10-18)15(2)20(14)17-7-4-3-5-8-17/h3-5,7-8,11,19,21H,6,9-10,12-13H2,1-2H3. The second kappa shape index (κ2) is 5.66. The quantitative estimate of drug-likeness (QED) is 0.885. The Bertz CT molecular complexity index is 606. The summed E-state index contributed by atoms with van der Waals surface area (Å²) in [5, 5.41) is 13.1. The number of para-hydroxylation sites is 1. The van der Waals surface area contributed by atoms with Crippen molar-refractivity contribution in [3.63, 3.8) is 0 Å². The lowest BCUT2D eigenvalue weighted by molar-refractivity contribution is 0.0871. The van der Waals surface area contributed by atoms with Gasteiger partial charge in [0.15, 0.2) is 0 Å². The second-order valence-electron chi connectivity index (χ2n) is 6.21. The summed E-state index contributed by atoms with van der Waals surface area (Å²) in [4.78, 5) is 0. The molecule has 0 unspecified atom stereocenters. The van der Waals surface area contributed by atoms with E-state index in [4.69, 9.17) is 0 Å². The molecule has 112 valence electrons. The largest absolute Gasteiger partial charge is 0.394 e. The number of aryl methyl sites for hydroxylation is 1. The number of aliphatic hydroxyl groups excluding tert-OH is 1. The Morgan fingerprint density at radius 2 is 1.90 bits per heavy atom. The van der Waals surface area contributed by atoms with Gasteiger partial charge >= 0.3 is 0 Å². The van der Waals surface area contributed by atoms with Gasteiger partial charge in [0.1, 0.15) is 0 Å². The number of hydrogen-bond acceptors (Lipinski definition) is 2. The summed E-state index contributed by atoms with van der Waals surface area (Å²) in [6.45, 7) is 5.38. The Labute approximate surface area is 126 Å². The van der Waals surface area contributed by atoms with Crippen LogP contribution in [-0.4, -0.2) is 21.8 Å². The van der Waals surface area contributed by atoms with Gasteiger partial charge < -0.3 is 15.0 Å². The Morgan fingerprint density at radius 3 is 2.48 bits per heavy atom. The minimum Gasteiger partial charge on any atom is -0.394 e. The van der Waals surface area contributed by atoms with Crippen molar-refractivity contribution in [1.29, 1.82) is 0 Å². The fraction of sp³-hybridized carbons (Fsp3) is 0.444. The van der Waals surface area contributed by atoms with Crippen LogP contribution in [0.1, 0.15) is 36.2 Å². The van der Waals surface area contributed by atoms with Crippen molar-refractivity contribution in [1.82, 2.24) is 9.88 Å². The zero-order valence-corrected chi connectivity index (χ0v) is 12.9. The predicted octanol–water partition coefficient (Wildman–Crippen LogP) is 3.10. The third-order valence-electron chi connectivity index (χ3n) is 4.82. The number of aliphatic hydroxyl groups is 1. The molecule has 0 saturated heterocycles. The highest BCUT2D eigenvalue weighted by molar-refractivity contribution is 5.41. The van der Waals surface area contributed by atoms with Crippen LogP contribution < -0.4 is 5.32 Å². The predicted molar refractivity (Wildman–Crippen MR) is 85.8 cm³/mol. The molecule has 0 amide bonds. The van der Waals surface area contributed by atoms with Gasteiger partial charge in [-0.3, -0.25) is 0 Å². The third-order valence-corrected chi connectivity index (χ3v) is 4.82. The van der Waals surface area contributed by atoms with Crippen LogP contribution in [0.25, 0.3) is 5.69 Å². The van der Waals surface area contributed by atoms with Crippen LogP contribution in [0.2, 0.25) is 0 Å². The second-order valence-corrected chi connectivity index (χ2v) is 6.21. The maximum absolute atomic E-state index is 9.55. The monoisotopic (exact) mass is 284 g/mol. The highest BCUT2D eigenvalue weighted by Crippen LogP contribution is 2.32. The normalized spacial score (nSPS) is 16.7. The lowest BCUT2D eigenvalue weighted by atomic mass is 9.77. The first-order valence-electron chi connectivity index (χ1n) is 7.74. The van der Waals surface area contributed by atoms with Crippen LogP contribution in [0.5, 0.6) is 0 Å². The number of hydrogen-bond donors (Lipinski definition) is 2. The van der Waals surface area contributed by atoms with E-state index < -0.39 is 0 Å². The average Bonchev–Trinajstić information content (AvgIpc) is 2.74. The first-order valence-corrected chi connectivity index (χ1v) is 7.74. The van der Waals surface area contributed by atoms with Crippen molar-refractivity contribution in [2.45, 2.75) is 45.2 Å². The summed E-state index contributed by atoms with van der Waals surface area (Å²) in [6, 6.07) is 12.7. The van der Waals surface area contributed by atoms with E-state index in [0.29, 0.717) is 0 Å². The SMILES string of the molecule is Cc1cc(CNC2(CO)CCC2)c(C)n1-c1ccccc1. The van der Waals surface area contributed by atoms with Crippen molar-refractivity contribution < 1.29 is 5.11 Å². The van der Waals surface area contributed by atoms with Gasteiger partial charge in [0.25, 0.3) is 0 Å². The minimum absolute atomic E-state index is 0.0325. The summed E-state index contributed by atoms with van der Waals surface area (Å²) in [5.74, 6) is 0. The molecule has 1 aliphatic carbocycles. The number of rotatable bonds is 5. The van der Waals surface area contributed by atoms with Gasteiger partial charge in [0.2, 0.25) is 0 Å². The molecule has 0 aliphatic heterocycles. The number of benzene rings is 1. The highest BCUT2D eigenvalue weighted by atomic mass is 16.3. The zero-order valence-electron chi connectivity index (χ0n) is 12.9. The lowest BCUT2D eigenvalue weighted by Crippen LogP contribution is -2.53. The average molecular weight is 284 g/mol. The third kappa shape index (κ3) is 2.63. The zero-order chi connectivity index (χ0) is 14.9. The Balaban J connectivity index is 1.81. The first-order chi connectivity index (χ1) is 10.2. The smallest absolute Gasteiger partial charge is 0.0613 e. The number of nitrogens with one attached hydrogen (secondary N) is 1. The molecule has 1 aromatic heterocycles. The van der Waals surface area contributed by atoms with E-state index in [2.05, 4.69) is 54.1 Å². The van der Waals surface area contributed by atoms with Crippen LogP contribution >= 0.6 is 0 Å². The van der Waals surface area contributed by atoms with E-state index >= 15 is 0 Å². The molecule has 3 heteroatoms. The maximum atomic E-state index is 9.55. The summed E-state index contributed by atoms with van der Waals surface area (Å²) in [7, 11) is 0. The molecule has 0 atom stereocenters. The van der Waals surface area contributed by atoms with E-state index in [9.17, 15) is 5.11 Å². The maximum Gasteiger partial charge on any atom is 0.0613 e. The highest BCUT2D eigenvalue weighted by Gasteiger charge is 2.35. The molecule has 1 aliphatic rings. The molecule has 21 heavy (non-hydrogen) atoms. The van der Waals surface area contributed by atoms with Crippen LogP contribution in [0.4, 0.5) is 0 Å². The van der Waals surface area contributed by atoms with Crippen molar-refractivity contribution in [2.75, 3.05) is 6.61 Å². The lowest BCUT2D eigenvalue weighted by Gasteiger charge is -2.41. The van der Waals surface area contributed by atoms with Crippen LogP contribution in [-0.2, 0) is 6.54 Å². The Hall–Kier alpha value is -1.58. The molecule has 1 heterocycles. The van der Waals surface area contributed by atoms with Gasteiger partial charge in [-0.1, -0.05) is 18.2 Å². The molecule has 3 nitrogen and oxygen atoms in total. The van der Waals surface area contributed by atoms with Crippen molar-refractivity contribution in [2.24, 2.45) is 0 Å².